The molecule has 0 fully saturated rings. The predicted molar refractivity (Wildman–Crippen MR) is 143 cm³/mol. The highest BCUT2D eigenvalue weighted by Gasteiger charge is 2.33. The van der Waals surface area contributed by atoms with E-state index < -0.39 is 28.5 Å². The van der Waals surface area contributed by atoms with Crippen molar-refractivity contribution in [2.45, 2.75) is 52.2 Å². The zero-order valence-corrected chi connectivity index (χ0v) is 23.2. The fourth-order valence-corrected chi connectivity index (χ4v) is 5.07. The van der Waals surface area contributed by atoms with Crippen LogP contribution in [-0.4, -0.2) is 50.0 Å². The Kier molecular flexibility index (Phi) is 10.7. The normalized spacial score (nSPS) is 13.1. The molecule has 0 unspecified atom stereocenters. The van der Waals surface area contributed by atoms with Gasteiger partial charge in [-0.05, 0) is 49.6 Å². The number of carbonyl (C=O) groups excluding carboxylic acids is 2. The molecule has 192 valence electrons. The molecule has 1 N–H and O–H groups in total. The van der Waals surface area contributed by atoms with Crippen molar-refractivity contribution in [3.05, 3.63) is 63.1 Å². The minimum absolute atomic E-state index is 0.0247. The third kappa shape index (κ3) is 8.00. The number of halogens is 3. The van der Waals surface area contributed by atoms with Crippen LogP contribution in [0.1, 0.15) is 39.2 Å². The third-order valence-corrected chi connectivity index (χ3v) is 7.58. The van der Waals surface area contributed by atoms with Crippen LogP contribution >= 0.6 is 34.8 Å². The van der Waals surface area contributed by atoms with Crippen LogP contribution in [0.3, 0.4) is 0 Å². The Balaban J connectivity index is 2.49. The number of benzene rings is 2. The fraction of sp³-hybridized carbons (Fsp3) is 0.417. The van der Waals surface area contributed by atoms with Gasteiger partial charge in [0.25, 0.3) is 0 Å². The lowest BCUT2D eigenvalue weighted by atomic mass is 10.1. The molecule has 11 heteroatoms. The molecule has 0 heterocycles. The van der Waals surface area contributed by atoms with Crippen LogP contribution in [0.15, 0.2) is 42.5 Å². The van der Waals surface area contributed by atoms with Crippen molar-refractivity contribution < 1.29 is 18.0 Å². The number of rotatable bonds is 11. The highest BCUT2D eigenvalue weighted by molar-refractivity contribution is 7.92. The van der Waals surface area contributed by atoms with Crippen LogP contribution in [0, 0.1) is 0 Å². The summed E-state index contributed by atoms with van der Waals surface area (Å²) in [4.78, 5) is 28.1. The molecule has 2 aromatic rings. The molecule has 2 rings (SSSR count). The summed E-state index contributed by atoms with van der Waals surface area (Å²) in [5.74, 6) is -0.898. The van der Waals surface area contributed by atoms with Gasteiger partial charge in [0.05, 0.1) is 17.0 Å². The summed E-state index contributed by atoms with van der Waals surface area (Å²) in [6, 6.07) is 10.4. The SMILES string of the molecule is CC[C@H](C(=O)N[C@@H](C)CC)N(Cc1ccccc1Cl)C(=O)CN(c1ccc(Cl)cc1Cl)S(C)(=O)=O. The van der Waals surface area contributed by atoms with E-state index in [2.05, 4.69) is 5.32 Å². The molecule has 35 heavy (non-hydrogen) atoms. The molecule has 0 aliphatic heterocycles. The Hall–Kier alpha value is -2.00. The van der Waals surface area contributed by atoms with Gasteiger partial charge in [-0.15, -0.1) is 0 Å². The average molecular weight is 563 g/mol. The Labute approximate surface area is 222 Å². The van der Waals surface area contributed by atoms with Crippen LogP contribution < -0.4 is 9.62 Å². The number of nitrogens with one attached hydrogen (secondary N) is 1. The molecule has 0 saturated heterocycles. The van der Waals surface area contributed by atoms with Crippen LogP contribution in [0.2, 0.25) is 15.1 Å². The molecule has 2 amide bonds. The number of sulfonamides is 1. The Morgan fingerprint density at radius 2 is 1.66 bits per heavy atom. The summed E-state index contributed by atoms with van der Waals surface area (Å²) in [6.07, 6.45) is 2.02. The number of nitrogens with zero attached hydrogens (tertiary/aromatic N) is 2. The number of amides is 2. The lowest BCUT2D eigenvalue weighted by Gasteiger charge is -2.33. The highest BCUT2D eigenvalue weighted by atomic mass is 35.5. The molecule has 0 radical (unpaired) electrons. The minimum Gasteiger partial charge on any atom is -0.352 e. The summed E-state index contributed by atoms with van der Waals surface area (Å²) < 4.78 is 26.2. The first-order valence-electron chi connectivity index (χ1n) is 11.1. The van der Waals surface area contributed by atoms with Gasteiger partial charge in [-0.1, -0.05) is 66.8 Å². The summed E-state index contributed by atoms with van der Waals surface area (Å²) >= 11 is 18.6. The van der Waals surface area contributed by atoms with Gasteiger partial charge in [0.15, 0.2) is 0 Å². The molecular weight excluding hydrogens is 533 g/mol. The van der Waals surface area contributed by atoms with Crippen LogP contribution in [0.4, 0.5) is 5.69 Å². The van der Waals surface area contributed by atoms with E-state index in [-0.39, 0.29) is 29.2 Å². The van der Waals surface area contributed by atoms with E-state index in [0.29, 0.717) is 22.0 Å². The maximum Gasteiger partial charge on any atom is 0.244 e. The van der Waals surface area contributed by atoms with Crippen molar-refractivity contribution in [1.29, 1.82) is 0 Å². The predicted octanol–water partition coefficient (Wildman–Crippen LogP) is 5.13. The second-order valence-corrected chi connectivity index (χ2v) is 11.4. The van der Waals surface area contributed by atoms with Crippen LogP contribution in [0.5, 0.6) is 0 Å². The van der Waals surface area contributed by atoms with Crippen LogP contribution in [-0.2, 0) is 26.2 Å². The first-order chi connectivity index (χ1) is 16.4. The van der Waals surface area contributed by atoms with E-state index in [9.17, 15) is 18.0 Å². The van der Waals surface area contributed by atoms with Gasteiger partial charge in [0.1, 0.15) is 12.6 Å². The van der Waals surface area contributed by atoms with Gasteiger partial charge in [-0.3, -0.25) is 13.9 Å². The largest absolute Gasteiger partial charge is 0.352 e. The zero-order valence-electron chi connectivity index (χ0n) is 20.1. The number of carbonyl (C=O) groups is 2. The van der Waals surface area contributed by atoms with Crippen molar-refractivity contribution in [3.63, 3.8) is 0 Å². The summed E-state index contributed by atoms with van der Waals surface area (Å²) in [5.41, 5.74) is 0.745. The van der Waals surface area contributed by atoms with E-state index in [1.807, 2.05) is 13.8 Å². The number of anilines is 1. The summed E-state index contributed by atoms with van der Waals surface area (Å²) in [5, 5.41) is 3.75. The van der Waals surface area contributed by atoms with Crippen molar-refractivity contribution in [2.75, 3.05) is 17.1 Å². The molecule has 0 spiro atoms. The second kappa shape index (κ2) is 12.8. The average Bonchev–Trinajstić information content (AvgIpc) is 2.78. The molecule has 0 saturated carbocycles. The topological polar surface area (TPSA) is 86.8 Å². The fourth-order valence-electron chi connectivity index (χ4n) is 3.45. The van der Waals surface area contributed by atoms with E-state index in [0.717, 1.165) is 17.0 Å². The zero-order chi connectivity index (χ0) is 26.3. The Morgan fingerprint density at radius 3 is 2.20 bits per heavy atom. The van der Waals surface area contributed by atoms with Gasteiger partial charge in [0, 0.05) is 22.6 Å². The van der Waals surface area contributed by atoms with Crippen LogP contribution in [0.25, 0.3) is 0 Å². The second-order valence-electron chi connectivity index (χ2n) is 8.22. The maximum atomic E-state index is 13.7. The number of hydrogen-bond acceptors (Lipinski definition) is 4. The molecule has 0 aliphatic carbocycles. The first kappa shape index (κ1) is 29.2. The molecule has 2 aromatic carbocycles. The van der Waals surface area contributed by atoms with Crippen molar-refractivity contribution >= 4 is 62.3 Å². The first-order valence-corrected chi connectivity index (χ1v) is 14.1. The Morgan fingerprint density at radius 1 is 1.00 bits per heavy atom. The lowest BCUT2D eigenvalue weighted by molar-refractivity contribution is -0.140. The molecular formula is C24H30Cl3N3O4S. The van der Waals surface area contributed by atoms with E-state index in [4.69, 9.17) is 34.8 Å². The monoisotopic (exact) mass is 561 g/mol. The van der Waals surface area contributed by atoms with Gasteiger partial charge in [-0.2, -0.15) is 0 Å². The molecule has 0 aliphatic rings. The van der Waals surface area contributed by atoms with Crippen molar-refractivity contribution in [2.24, 2.45) is 0 Å². The Bertz CT molecular complexity index is 1160. The molecule has 2 atom stereocenters. The standard InChI is InChI=1S/C24H30Cl3N3O4S/c1-5-16(3)28-24(32)21(6-2)29(14-17-9-7-8-10-19(17)26)23(31)15-30(35(4,33)34)22-12-11-18(25)13-20(22)27/h7-13,16,21H,5-6,14-15H2,1-4H3,(H,28,32)/t16-,21+/m0/s1. The van der Waals surface area contributed by atoms with Gasteiger partial charge < -0.3 is 10.2 Å². The molecule has 0 aromatic heterocycles. The maximum absolute atomic E-state index is 13.7. The molecule has 0 bridgehead atoms. The van der Waals surface area contributed by atoms with E-state index >= 15 is 0 Å². The minimum atomic E-state index is -3.91. The summed E-state index contributed by atoms with van der Waals surface area (Å²) in [6.45, 7) is 5.07. The highest BCUT2D eigenvalue weighted by Crippen LogP contribution is 2.31. The van der Waals surface area contributed by atoms with E-state index in [1.165, 1.54) is 23.1 Å². The van der Waals surface area contributed by atoms with Crippen molar-refractivity contribution in [3.8, 4) is 0 Å². The third-order valence-electron chi connectivity index (χ3n) is 5.54. The quantitative estimate of drug-likeness (QED) is 0.411. The lowest BCUT2D eigenvalue weighted by Crippen LogP contribution is -2.53. The summed E-state index contributed by atoms with van der Waals surface area (Å²) in [7, 11) is -3.91. The number of hydrogen-bond donors (Lipinski definition) is 1. The van der Waals surface area contributed by atoms with Crippen molar-refractivity contribution in [1.82, 2.24) is 10.2 Å². The smallest absolute Gasteiger partial charge is 0.244 e. The molecule has 7 nitrogen and oxygen atoms in total. The van der Waals surface area contributed by atoms with Gasteiger partial charge in [0.2, 0.25) is 21.8 Å². The van der Waals surface area contributed by atoms with E-state index in [1.54, 1.807) is 31.2 Å². The van der Waals surface area contributed by atoms with Gasteiger partial charge in [-0.25, -0.2) is 8.42 Å². The van der Waals surface area contributed by atoms with Gasteiger partial charge >= 0.3 is 0 Å².